The zero-order valence-corrected chi connectivity index (χ0v) is 16.3. The first-order valence-electron chi connectivity index (χ1n) is 10.2. The molecule has 6 heteroatoms. The Balaban J connectivity index is 1.38. The predicted molar refractivity (Wildman–Crippen MR) is 115 cm³/mol. The average Bonchev–Trinajstić information content (AvgIpc) is 3.59. The molecule has 1 aromatic heterocycles. The minimum absolute atomic E-state index is 0.162. The summed E-state index contributed by atoms with van der Waals surface area (Å²) in [5.41, 5.74) is 1.69. The van der Waals surface area contributed by atoms with Crippen molar-refractivity contribution in [3.63, 3.8) is 0 Å². The number of nitrogens with one attached hydrogen (secondary N) is 1. The first-order chi connectivity index (χ1) is 14.3. The minimum atomic E-state index is -0.162. The zero-order valence-electron chi connectivity index (χ0n) is 16.3. The third kappa shape index (κ3) is 4.01. The molecular weight excluding hydrogens is 365 g/mol. The van der Waals surface area contributed by atoms with Crippen molar-refractivity contribution in [3.8, 4) is 11.4 Å². The predicted octanol–water partition coefficient (Wildman–Crippen LogP) is 4.18. The van der Waals surface area contributed by atoms with E-state index in [1.807, 2.05) is 48.5 Å². The molecule has 29 heavy (non-hydrogen) atoms. The van der Waals surface area contributed by atoms with Gasteiger partial charge in [-0.25, -0.2) is 14.4 Å². The molecule has 1 aliphatic carbocycles. The number of piperazine rings is 1. The summed E-state index contributed by atoms with van der Waals surface area (Å²) in [5, 5.41) is 3.51. The van der Waals surface area contributed by atoms with Crippen molar-refractivity contribution >= 4 is 17.3 Å². The molecule has 3 aromatic rings. The number of anilines is 3. The molecule has 1 saturated heterocycles. The summed E-state index contributed by atoms with van der Waals surface area (Å²) < 4.78 is 14.1. The van der Waals surface area contributed by atoms with E-state index < -0.39 is 0 Å². The summed E-state index contributed by atoms with van der Waals surface area (Å²) in [6.45, 7) is 3.11. The lowest BCUT2D eigenvalue weighted by atomic mass is 10.2. The molecule has 0 atom stereocenters. The van der Waals surface area contributed by atoms with Crippen LogP contribution in [0.4, 0.5) is 21.7 Å². The maximum Gasteiger partial charge on any atom is 0.163 e. The molecule has 2 fully saturated rings. The normalized spacial score (nSPS) is 16.7. The number of nitrogens with zero attached hydrogens (tertiary/aromatic N) is 4. The van der Waals surface area contributed by atoms with E-state index in [-0.39, 0.29) is 5.82 Å². The highest BCUT2D eigenvalue weighted by Gasteiger charge is 2.24. The van der Waals surface area contributed by atoms with Gasteiger partial charge in [0.1, 0.15) is 17.5 Å². The monoisotopic (exact) mass is 389 g/mol. The van der Waals surface area contributed by atoms with Gasteiger partial charge in [0, 0.05) is 43.9 Å². The number of para-hydroxylation sites is 1. The van der Waals surface area contributed by atoms with Gasteiger partial charge in [0.15, 0.2) is 5.82 Å². The third-order valence-electron chi connectivity index (χ3n) is 5.47. The van der Waals surface area contributed by atoms with Crippen LogP contribution in [0.15, 0.2) is 60.7 Å². The fourth-order valence-electron chi connectivity index (χ4n) is 3.71. The van der Waals surface area contributed by atoms with Crippen LogP contribution in [0.2, 0.25) is 0 Å². The summed E-state index contributed by atoms with van der Waals surface area (Å²) in [5.74, 6) is 2.39. The number of aromatic nitrogens is 2. The maximum absolute atomic E-state index is 14.1. The molecule has 0 bridgehead atoms. The van der Waals surface area contributed by atoms with Crippen LogP contribution in [0.25, 0.3) is 11.4 Å². The van der Waals surface area contributed by atoms with Gasteiger partial charge in [-0.2, -0.15) is 0 Å². The molecule has 1 aliphatic heterocycles. The Bertz CT molecular complexity index is 982. The molecule has 0 amide bonds. The first kappa shape index (κ1) is 17.9. The number of hydrogen-bond donors (Lipinski definition) is 1. The van der Waals surface area contributed by atoms with Crippen LogP contribution in [0, 0.1) is 5.82 Å². The van der Waals surface area contributed by atoms with Crippen LogP contribution in [0.5, 0.6) is 0 Å². The Hall–Kier alpha value is -3.15. The van der Waals surface area contributed by atoms with Crippen molar-refractivity contribution in [1.29, 1.82) is 0 Å². The van der Waals surface area contributed by atoms with Gasteiger partial charge < -0.3 is 15.1 Å². The van der Waals surface area contributed by atoms with E-state index in [0.29, 0.717) is 11.7 Å². The quantitative estimate of drug-likeness (QED) is 0.709. The summed E-state index contributed by atoms with van der Waals surface area (Å²) in [6.07, 6.45) is 2.39. The van der Waals surface area contributed by atoms with Gasteiger partial charge in [-0.05, 0) is 25.0 Å². The van der Waals surface area contributed by atoms with Gasteiger partial charge in [-0.3, -0.25) is 0 Å². The standard InChI is InChI=1S/C23H24FN5/c24-19-8-4-5-9-20(19)28-12-14-29(15-13-28)22-16-21(25-18-10-11-18)26-23(27-22)17-6-2-1-3-7-17/h1-9,16,18H,10-15H2,(H,25,26,27). The van der Waals surface area contributed by atoms with Crippen LogP contribution < -0.4 is 15.1 Å². The van der Waals surface area contributed by atoms with Crippen LogP contribution in [0.1, 0.15) is 12.8 Å². The van der Waals surface area contributed by atoms with Crippen molar-refractivity contribution < 1.29 is 4.39 Å². The highest BCUT2D eigenvalue weighted by atomic mass is 19.1. The average molecular weight is 389 g/mol. The molecule has 2 aliphatic rings. The van der Waals surface area contributed by atoms with Gasteiger partial charge in [0.25, 0.3) is 0 Å². The number of halogens is 1. The second-order valence-electron chi connectivity index (χ2n) is 7.65. The largest absolute Gasteiger partial charge is 0.367 e. The number of benzene rings is 2. The Labute approximate surface area is 170 Å². The molecule has 148 valence electrons. The fraction of sp³-hybridized carbons (Fsp3) is 0.304. The van der Waals surface area contributed by atoms with Gasteiger partial charge in [0.2, 0.25) is 0 Å². The summed E-state index contributed by atoms with van der Waals surface area (Å²) in [7, 11) is 0. The van der Waals surface area contributed by atoms with E-state index in [1.54, 1.807) is 6.07 Å². The Kier molecular flexibility index (Phi) is 4.76. The van der Waals surface area contributed by atoms with Gasteiger partial charge in [-0.1, -0.05) is 42.5 Å². The summed E-state index contributed by atoms with van der Waals surface area (Å²) in [4.78, 5) is 14.0. The van der Waals surface area contributed by atoms with Crippen molar-refractivity contribution in [2.45, 2.75) is 18.9 Å². The maximum atomic E-state index is 14.1. The van der Waals surface area contributed by atoms with Crippen LogP contribution in [-0.4, -0.2) is 42.2 Å². The van der Waals surface area contributed by atoms with Crippen LogP contribution in [0.3, 0.4) is 0 Å². The highest BCUT2D eigenvalue weighted by Crippen LogP contribution is 2.29. The molecule has 0 spiro atoms. The smallest absolute Gasteiger partial charge is 0.163 e. The third-order valence-corrected chi connectivity index (χ3v) is 5.47. The molecule has 1 saturated carbocycles. The summed E-state index contributed by atoms with van der Waals surface area (Å²) >= 11 is 0. The molecule has 5 rings (SSSR count). The van der Waals surface area contributed by atoms with Crippen LogP contribution in [-0.2, 0) is 0 Å². The lowest BCUT2D eigenvalue weighted by Gasteiger charge is -2.37. The second-order valence-corrected chi connectivity index (χ2v) is 7.65. The molecular formula is C23H24FN5. The van der Waals surface area contributed by atoms with Crippen molar-refractivity contribution in [3.05, 3.63) is 66.5 Å². The lowest BCUT2D eigenvalue weighted by molar-refractivity contribution is 0.596. The topological polar surface area (TPSA) is 44.3 Å². The zero-order chi connectivity index (χ0) is 19.6. The van der Waals surface area contributed by atoms with Crippen molar-refractivity contribution in [2.24, 2.45) is 0 Å². The lowest BCUT2D eigenvalue weighted by Crippen LogP contribution is -2.47. The van der Waals surface area contributed by atoms with Crippen molar-refractivity contribution in [1.82, 2.24) is 9.97 Å². The molecule has 5 nitrogen and oxygen atoms in total. The number of hydrogen-bond acceptors (Lipinski definition) is 5. The Morgan fingerprint density at radius 1 is 0.828 bits per heavy atom. The van der Waals surface area contributed by atoms with E-state index >= 15 is 0 Å². The molecule has 0 radical (unpaired) electrons. The number of rotatable bonds is 5. The molecule has 1 N–H and O–H groups in total. The van der Waals surface area contributed by atoms with E-state index in [0.717, 1.165) is 49.2 Å². The van der Waals surface area contributed by atoms with E-state index in [2.05, 4.69) is 15.1 Å². The van der Waals surface area contributed by atoms with Gasteiger partial charge in [-0.15, -0.1) is 0 Å². The minimum Gasteiger partial charge on any atom is -0.367 e. The Morgan fingerprint density at radius 3 is 2.24 bits per heavy atom. The fourth-order valence-corrected chi connectivity index (χ4v) is 3.71. The van der Waals surface area contributed by atoms with E-state index in [9.17, 15) is 4.39 Å². The van der Waals surface area contributed by atoms with Crippen LogP contribution >= 0.6 is 0 Å². The molecule has 2 heterocycles. The molecule has 0 unspecified atom stereocenters. The first-order valence-corrected chi connectivity index (χ1v) is 10.2. The SMILES string of the molecule is Fc1ccccc1N1CCN(c2cc(NC3CC3)nc(-c3ccccc3)n2)CC1. The summed E-state index contributed by atoms with van der Waals surface area (Å²) in [6, 6.07) is 19.6. The van der Waals surface area contributed by atoms with E-state index in [4.69, 9.17) is 9.97 Å². The van der Waals surface area contributed by atoms with Gasteiger partial charge in [0.05, 0.1) is 5.69 Å². The molecule has 2 aromatic carbocycles. The second kappa shape index (κ2) is 7.70. The Morgan fingerprint density at radius 2 is 1.52 bits per heavy atom. The van der Waals surface area contributed by atoms with Crippen molar-refractivity contribution in [2.75, 3.05) is 41.3 Å². The van der Waals surface area contributed by atoms with Gasteiger partial charge >= 0.3 is 0 Å². The highest BCUT2D eigenvalue weighted by molar-refractivity contribution is 5.62. The van der Waals surface area contributed by atoms with E-state index in [1.165, 1.54) is 18.9 Å².